The van der Waals surface area contributed by atoms with E-state index in [4.69, 9.17) is 5.11 Å². The zero-order valence-electron chi connectivity index (χ0n) is 11.6. The second-order valence-corrected chi connectivity index (χ2v) is 4.81. The number of rotatable bonds is 7. The molecule has 0 aliphatic heterocycles. The van der Waals surface area contributed by atoms with E-state index in [0.717, 1.165) is 5.56 Å². The predicted molar refractivity (Wildman–Crippen MR) is 71.7 cm³/mol. The van der Waals surface area contributed by atoms with Crippen molar-refractivity contribution < 1.29 is 25.1 Å². The summed E-state index contributed by atoms with van der Waals surface area (Å²) in [5.74, 6) is -1.71. The van der Waals surface area contributed by atoms with Crippen LogP contribution in [0.1, 0.15) is 18.9 Å². The Kier molecular flexibility index (Phi) is 6.14. The van der Waals surface area contributed by atoms with E-state index in [1.807, 2.05) is 19.1 Å². The molecule has 0 spiro atoms. The molecule has 0 saturated heterocycles. The summed E-state index contributed by atoms with van der Waals surface area (Å²) in [5, 5.41) is 24.2. The van der Waals surface area contributed by atoms with E-state index in [9.17, 15) is 14.7 Å². The third-order valence-corrected chi connectivity index (χ3v) is 2.89. The van der Waals surface area contributed by atoms with Crippen LogP contribution in [0.3, 0.4) is 0 Å². The van der Waals surface area contributed by atoms with Crippen LogP contribution in [0.5, 0.6) is 0 Å². The maximum atomic E-state index is 11.8. The highest BCUT2D eigenvalue weighted by Crippen LogP contribution is 2.13. The SMILES string of the molecule is Cc1ccccc1NC(=O)C[C@H]([NH2+]C[C@H](C)O)C(=O)[O-]. The van der Waals surface area contributed by atoms with Gasteiger partial charge in [0.25, 0.3) is 0 Å². The average Bonchev–Trinajstić information content (AvgIpc) is 2.36. The monoisotopic (exact) mass is 280 g/mol. The lowest BCUT2D eigenvalue weighted by atomic mass is 10.1. The molecule has 1 aromatic rings. The average molecular weight is 280 g/mol. The van der Waals surface area contributed by atoms with Crippen molar-refractivity contribution in [2.75, 3.05) is 11.9 Å². The second-order valence-electron chi connectivity index (χ2n) is 4.81. The zero-order valence-corrected chi connectivity index (χ0v) is 11.6. The van der Waals surface area contributed by atoms with Crippen molar-refractivity contribution >= 4 is 17.6 Å². The summed E-state index contributed by atoms with van der Waals surface area (Å²) in [6.07, 6.45) is -0.847. The molecular formula is C14H20N2O4. The highest BCUT2D eigenvalue weighted by atomic mass is 16.4. The molecule has 6 nitrogen and oxygen atoms in total. The van der Waals surface area contributed by atoms with Gasteiger partial charge in [0.2, 0.25) is 5.91 Å². The predicted octanol–water partition coefficient (Wildman–Crippen LogP) is -1.61. The summed E-state index contributed by atoms with van der Waals surface area (Å²) in [5.41, 5.74) is 1.56. The first-order valence-corrected chi connectivity index (χ1v) is 6.48. The fraction of sp³-hybridized carbons (Fsp3) is 0.429. The summed E-state index contributed by atoms with van der Waals surface area (Å²) < 4.78 is 0. The Morgan fingerprint density at radius 2 is 2.05 bits per heavy atom. The third kappa shape index (κ3) is 5.38. The van der Waals surface area contributed by atoms with Crippen LogP contribution in [0.15, 0.2) is 24.3 Å². The van der Waals surface area contributed by atoms with E-state index in [1.165, 1.54) is 5.32 Å². The largest absolute Gasteiger partial charge is 0.544 e. The Morgan fingerprint density at radius 1 is 1.40 bits per heavy atom. The molecule has 0 aliphatic rings. The number of para-hydroxylation sites is 1. The van der Waals surface area contributed by atoms with Gasteiger partial charge in [-0.25, -0.2) is 0 Å². The number of aliphatic hydroxyl groups is 1. The number of amides is 1. The van der Waals surface area contributed by atoms with Gasteiger partial charge in [0.05, 0.1) is 18.5 Å². The molecule has 0 bridgehead atoms. The first kappa shape index (κ1) is 16.1. The maximum absolute atomic E-state index is 11.8. The number of carbonyl (C=O) groups is 2. The smallest absolute Gasteiger partial charge is 0.230 e. The molecule has 1 rings (SSSR count). The van der Waals surface area contributed by atoms with Crippen LogP contribution in [-0.2, 0) is 9.59 Å². The molecule has 110 valence electrons. The van der Waals surface area contributed by atoms with Crippen molar-refractivity contribution in [3.63, 3.8) is 0 Å². The Bertz CT molecular complexity index is 474. The molecular weight excluding hydrogens is 260 g/mol. The lowest BCUT2D eigenvalue weighted by Gasteiger charge is -2.17. The molecule has 1 amide bonds. The summed E-state index contributed by atoms with van der Waals surface area (Å²) in [6, 6.07) is 6.24. The Labute approximate surface area is 117 Å². The minimum Gasteiger partial charge on any atom is -0.544 e. The number of aliphatic hydroxyl groups excluding tert-OH is 1. The number of benzene rings is 1. The van der Waals surface area contributed by atoms with Crippen molar-refractivity contribution in [2.24, 2.45) is 0 Å². The maximum Gasteiger partial charge on any atom is 0.230 e. The molecule has 4 N–H and O–H groups in total. The van der Waals surface area contributed by atoms with Crippen LogP contribution in [0.4, 0.5) is 5.69 Å². The van der Waals surface area contributed by atoms with E-state index < -0.39 is 24.0 Å². The molecule has 0 saturated carbocycles. The summed E-state index contributed by atoms with van der Waals surface area (Å²) in [6.45, 7) is 3.61. The Balaban J connectivity index is 2.58. The molecule has 0 unspecified atom stereocenters. The van der Waals surface area contributed by atoms with Crippen molar-refractivity contribution in [3.05, 3.63) is 29.8 Å². The molecule has 0 radical (unpaired) electrons. The van der Waals surface area contributed by atoms with Crippen molar-refractivity contribution in [1.29, 1.82) is 0 Å². The van der Waals surface area contributed by atoms with E-state index in [2.05, 4.69) is 5.32 Å². The fourth-order valence-corrected chi connectivity index (χ4v) is 1.74. The normalized spacial score (nSPS) is 13.6. The second kappa shape index (κ2) is 7.62. The summed E-state index contributed by atoms with van der Waals surface area (Å²) in [7, 11) is 0. The van der Waals surface area contributed by atoms with Crippen molar-refractivity contribution in [1.82, 2.24) is 0 Å². The van der Waals surface area contributed by atoms with Crippen LogP contribution in [0, 0.1) is 6.92 Å². The number of aryl methyl sites for hydroxylation is 1. The first-order chi connectivity index (χ1) is 9.40. The van der Waals surface area contributed by atoms with E-state index in [-0.39, 0.29) is 13.0 Å². The fourth-order valence-electron chi connectivity index (χ4n) is 1.74. The number of hydrogen-bond donors (Lipinski definition) is 3. The van der Waals surface area contributed by atoms with E-state index in [0.29, 0.717) is 5.69 Å². The van der Waals surface area contributed by atoms with Crippen molar-refractivity contribution in [2.45, 2.75) is 32.4 Å². The van der Waals surface area contributed by atoms with Crippen LogP contribution in [0.25, 0.3) is 0 Å². The minimum absolute atomic E-state index is 0.205. The zero-order chi connectivity index (χ0) is 15.1. The van der Waals surface area contributed by atoms with Crippen LogP contribution >= 0.6 is 0 Å². The molecule has 0 fully saturated rings. The summed E-state index contributed by atoms with van der Waals surface area (Å²) >= 11 is 0. The number of hydrogen-bond acceptors (Lipinski definition) is 4. The molecule has 2 atom stereocenters. The molecule has 0 heterocycles. The van der Waals surface area contributed by atoms with Crippen molar-refractivity contribution in [3.8, 4) is 0 Å². The molecule has 20 heavy (non-hydrogen) atoms. The number of carboxylic acids is 1. The number of aliphatic carboxylic acids is 1. The minimum atomic E-state index is -1.31. The van der Waals surface area contributed by atoms with Gasteiger partial charge >= 0.3 is 0 Å². The van der Waals surface area contributed by atoms with Gasteiger partial charge in [0.15, 0.2) is 0 Å². The lowest BCUT2D eigenvalue weighted by Crippen LogP contribution is -2.94. The van der Waals surface area contributed by atoms with E-state index >= 15 is 0 Å². The van der Waals surface area contributed by atoms with Gasteiger partial charge in [0.1, 0.15) is 12.6 Å². The topological polar surface area (TPSA) is 106 Å². The van der Waals surface area contributed by atoms with Gasteiger partial charge in [-0.2, -0.15) is 0 Å². The molecule has 1 aromatic carbocycles. The Hall–Kier alpha value is -1.92. The molecule has 6 heteroatoms. The quantitative estimate of drug-likeness (QED) is 0.558. The van der Waals surface area contributed by atoms with Gasteiger partial charge in [-0.1, -0.05) is 18.2 Å². The van der Waals surface area contributed by atoms with Gasteiger partial charge in [0, 0.05) is 5.69 Å². The Morgan fingerprint density at radius 3 is 2.60 bits per heavy atom. The van der Waals surface area contributed by atoms with Gasteiger partial charge in [-0.3, -0.25) is 4.79 Å². The highest BCUT2D eigenvalue weighted by Gasteiger charge is 2.19. The molecule has 0 aromatic heterocycles. The standard InChI is InChI=1S/C14H20N2O4/c1-9-5-3-4-6-11(9)16-13(18)7-12(14(19)20)15-8-10(2)17/h3-6,10,12,15,17H,7-8H2,1-2H3,(H,16,18)(H,19,20)/t10-,12-/m0/s1. The number of anilines is 1. The van der Waals surface area contributed by atoms with Crippen LogP contribution < -0.4 is 15.7 Å². The van der Waals surface area contributed by atoms with E-state index in [1.54, 1.807) is 19.1 Å². The highest BCUT2D eigenvalue weighted by molar-refractivity contribution is 5.93. The first-order valence-electron chi connectivity index (χ1n) is 6.48. The number of nitrogens with two attached hydrogens (primary N) is 1. The van der Waals surface area contributed by atoms with Gasteiger partial charge < -0.3 is 25.6 Å². The van der Waals surface area contributed by atoms with Crippen LogP contribution in [0.2, 0.25) is 0 Å². The summed E-state index contributed by atoms with van der Waals surface area (Å²) in [4.78, 5) is 22.8. The third-order valence-electron chi connectivity index (χ3n) is 2.89. The van der Waals surface area contributed by atoms with Crippen LogP contribution in [-0.4, -0.2) is 35.7 Å². The number of carbonyl (C=O) groups excluding carboxylic acids is 2. The number of nitrogens with one attached hydrogen (secondary N) is 1. The number of quaternary nitrogens is 1. The van der Waals surface area contributed by atoms with Gasteiger partial charge in [-0.15, -0.1) is 0 Å². The molecule has 0 aliphatic carbocycles. The lowest BCUT2D eigenvalue weighted by molar-refractivity contribution is -0.687. The number of carboxylic acid groups (broad SMARTS) is 1. The van der Waals surface area contributed by atoms with Gasteiger partial charge in [-0.05, 0) is 25.5 Å².